The summed E-state index contributed by atoms with van der Waals surface area (Å²) in [5, 5.41) is 30.2. The fourth-order valence-electron chi connectivity index (χ4n) is 3.16. The first-order valence-corrected chi connectivity index (χ1v) is 11.0. The van der Waals surface area contributed by atoms with Gasteiger partial charge in [0, 0.05) is 12.3 Å². The van der Waals surface area contributed by atoms with Crippen molar-refractivity contribution in [1.82, 2.24) is 0 Å². The Hall–Kier alpha value is -2.45. The average molecular weight is 463 g/mol. The van der Waals surface area contributed by atoms with Gasteiger partial charge in [-0.3, -0.25) is 4.79 Å². The third kappa shape index (κ3) is 9.92. The summed E-state index contributed by atoms with van der Waals surface area (Å²) in [5.41, 5.74) is 2.16. The van der Waals surface area contributed by atoms with E-state index in [-0.39, 0.29) is 25.0 Å². The number of rotatable bonds is 14. The van der Waals surface area contributed by atoms with Gasteiger partial charge in [0.15, 0.2) is 0 Å². The van der Waals surface area contributed by atoms with Crippen molar-refractivity contribution in [3.05, 3.63) is 65.8 Å². The molecule has 0 heterocycles. The monoisotopic (exact) mass is 462 g/mol. The van der Waals surface area contributed by atoms with E-state index < -0.39 is 24.1 Å². The highest BCUT2D eigenvalue weighted by molar-refractivity contribution is 5.72. The second-order valence-electron chi connectivity index (χ2n) is 8.22. The van der Waals surface area contributed by atoms with Gasteiger partial charge < -0.3 is 29.5 Å². The molecule has 0 aliphatic heterocycles. The fraction of sp³-hybridized carbons (Fsp3) is 0.500. The van der Waals surface area contributed by atoms with Crippen LogP contribution in [-0.2, 0) is 20.9 Å². The Kier molecular flexibility index (Phi) is 12.7. The molecule has 0 radical (unpaired) electrons. The predicted octanol–water partition coefficient (Wildman–Crippen LogP) is 3.19. The molecule has 0 bridgehead atoms. The van der Waals surface area contributed by atoms with Gasteiger partial charge in [0.05, 0.1) is 51.7 Å². The molecule has 0 unspecified atom stereocenters. The molecule has 7 nitrogen and oxygen atoms in total. The summed E-state index contributed by atoms with van der Waals surface area (Å²) in [4.78, 5) is 11.6. The molecule has 0 amide bonds. The summed E-state index contributed by atoms with van der Waals surface area (Å²) in [5.74, 6) is -0.576. The summed E-state index contributed by atoms with van der Waals surface area (Å²) in [7, 11) is 2.87. The zero-order valence-corrected chi connectivity index (χ0v) is 20.2. The molecule has 0 aromatic heterocycles. The third-order valence-electron chi connectivity index (χ3n) is 5.48. The number of carbonyl (C=O) groups is 1. The molecule has 1 aromatic rings. The summed E-state index contributed by atoms with van der Waals surface area (Å²) >= 11 is 0. The minimum Gasteiger partial charge on any atom is -0.497 e. The van der Waals surface area contributed by atoms with Crippen molar-refractivity contribution in [2.75, 3.05) is 20.8 Å². The Morgan fingerprint density at radius 3 is 2.33 bits per heavy atom. The van der Waals surface area contributed by atoms with Crippen LogP contribution in [0.2, 0.25) is 0 Å². The van der Waals surface area contributed by atoms with Crippen LogP contribution >= 0.6 is 0 Å². The van der Waals surface area contributed by atoms with Crippen LogP contribution in [0.15, 0.2) is 60.2 Å². The lowest BCUT2D eigenvalue weighted by atomic mass is 9.93. The van der Waals surface area contributed by atoms with E-state index in [2.05, 4.69) is 11.3 Å². The molecule has 184 valence electrons. The Morgan fingerprint density at radius 2 is 1.79 bits per heavy atom. The fourth-order valence-corrected chi connectivity index (χ4v) is 3.16. The molecule has 1 aromatic carbocycles. The van der Waals surface area contributed by atoms with E-state index in [0.29, 0.717) is 12.2 Å². The number of ether oxygens (including phenoxy) is 3. The largest absolute Gasteiger partial charge is 0.497 e. The summed E-state index contributed by atoms with van der Waals surface area (Å²) in [6.07, 6.45) is 2.77. The molecule has 5 atom stereocenters. The Morgan fingerprint density at radius 1 is 1.15 bits per heavy atom. The number of aliphatic hydroxyl groups is 3. The van der Waals surface area contributed by atoms with Crippen LogP contribution in [0.1, 0.15) is 32.8 Å². The lowest BCUT2D eigenvalue weighted by Crippen LogP contribution is -2.28. The Labute approximate surface area is 197 Å². The highest BCUT2D eigenvalue weighted by Crippen LogP contribution is 2.22. The Balaban J connectivity index is 2.86. The van der Waals surface area contributed by atoms with E-state index >= 15 is 0 Å². The topological polar surface area (TPSA) is 105 Å². The van der Waals surface area contributed by atoms with Gasteiger partial charge in [-0.25, -0.2) is 0 Å². The lowest BCUT2D eigenvalue weighted by molar-refractivity contribution is -0.147. The van der Waals surface area contributed by atoms with Crippen molar-refractivity contribution in [2.45, 2.75) is 52.1 Å². The van der Waals surface area contributed by atoms with Gasteiger partial charge in [-0.05, 0) is 37.1 Å². The molecule has 0 fully saturated rings. The number of benzene rings is 1. The van der Waals surface area contributed by atoms with Gasteiger partial charge in [0.25, 0.3) is 0 Å². The lowest BCUT2D eigenvalue weighted by Gasteiger charge is -2.26. The van der Waals surface area contributed by atoms with Crippen LogP contribution in [-0.4, -0.2) is 60.4 Å². The van der Waals surface area contributed by atoms with E-state index in [1.165, 1.54) is 19.3 Å². The molecular weight excluding hydrogens is 424 g/mol. The first-order chi connectivity index (χ1) is 15.6. The van der Waals surface area contributed by atoms with Crippen molar-refractivity contribution in [2.24, 2.45) is 11.8 Å². The highest BCUT2D eigenvalue weighted by atomic mass is 16.5. The number of hydrogen-bond acceptors (Lipinski definition) is 7. The summed E-state index contributed by atoms with van der Waals surface area (Å²) in [6, 6.07) is 7.54. The van der Waals surface area contributed by atoms with Crippen LogP contribution in [0.3, 0.4) is 0 Å². The van der Waals surface area contributed by atoms with Crippen LogP contribution < -0.4 is 4.74 Å². The average Bonchev–Trinajstić information content (AvgIpc) is 2.83. The van der Waals surface area contributed by atoms with E-state index in [9.17, 15) is 20.1 Å². The van der Waals surface area contributed by atoms with E-state index in [0.717, 1.165) is 16.9 Å². The minimum atomic E-state index is -1.06. The van der Waals surface area contributed by atoms with E-state index in [4.69, 9.17) is 9.47 Å². The van der Waals surface area contributed by atoms with Crippen LogP contribution in [0.4, 0.5) is 0 Å². The normalized spacial score (nSPS) is 16.7. The SMILES string of the molecule is C=C(/C=C/[C@H](O)[C@@H](C)C(=O)OC)[C@@H](O)C[C@H](OCc1ccc(OC)cc1)[C@H](C)/C=C(\C)CO. The number of aliphatic hydroxyl groups excluding tert-OH is 3. The maximum Gasteiger partial charge on any atom is 0.311 e. The molecule has 7 heteroatoms. The molecular formula is C26H38O7. The first-order valence-electron chi connectivity index (χ1n) is 11.0. The zero-order valence-electron chi connectivity index (χ0n) is 20.2. The molecule has 0 aliphatic carbocycles. The quantitative estimate of drug-likeness (QED) is 0.221. The van der Waals surface area contributed by atoms with Crippen molar-refractivity contribution < 1.29 is 34.3 Å². The smallest absolute Gasteiger partial charge is 0.311 e. The molecule has 33 heavy (non-hydrogen) atoms. The summed E-state index contributed by atoms with van der Waals surface area (Å²) < 4.78 is 15.9. The minimum absolute atomic E-state index is 0.0518. The molecule has 0 saturated heterocycles. The Bertz CT molecular complexity index is 797. The number of hydrogen-bond donors (Lipinski definition) is 3. The second-order valence-corrected chi connectivity index (χ2v) is 8.22. The van der Waals surface area contributed by atoms with Gasteiger partial charge >= 0.3 is 5.97 Å². The number of carbonyl (C=O) groups excluding carboxylic acids is 1. The maximum absolute atomic E-state index is 11.6. The second kappa shape index (κ2) is 14.6. The zero-order chi connectivity index (χ0) is 25.0. The van der Waals surface area contributed by atoms with Crippen LogP contribution in [0.25, 0.3) is 0 Å². The van der Waals surface area contributed by atoms with Crippen molar-refractivity contribution >= 4 is 5.97 Å². The molecule has 0 aliphatic rings. The van der Waals surface area contributed by atoms with Crippen LogP contribution in [0.5, 0.6) is 5.75 Å². The highest BCUT2D eigenvalue weighted by Gasteiger charge is 2.23. The van der Waals surface area contributed by atoms with Gasteiger partial charge in [-0.1, -0.05) is 49.4 Å². The number of esters is 1. The number of methoxy groups -OCH3 is 2. The third-order valence-corrected chi connectivity index (χ3v) is 5.48. The van der Waals surface area contributed by atoms with Gasteiger partial charge in [0.1, 0.15) is 5.75 Å². The molecule has 1 rings (SSSR count). The van der Waals surface area contributed by atoms with Crippen LogP contribution in [0, 0.1) is 11.8 Å². The van der Waals surface area contributed by atoms with Crippen molar-refractivity contribution in [3.8, 4) is 5.75 Å². The van der Waals surface area contributed by atoms with Crippen molar-refractivity contribution in [1.29, 1.82) is 0 Å². The van der Waals surface area contributed by atoms with Gasteiger partial charge in [-0.2, -0.15) is 0 Å². The molecule has 0 saturated carbocycles. The van der Waals surface area contributed by atoms with E-state index in [1.54, 1.807) is 14.0 Å². The maximum atomic E-state index is 11.6. The summed E-state index contributed by atoms with van der Waals surface area (Å²) in [6.45, 7) is 9.53. The van der Waals surface area contributed by atoms with Gasteiger partial charge in [-0.15, -0.1) is 0 Å². The van der Waals surface area contributed by atoms with Gasteiger partial charge in [0.2, 0.25) is 0 Å². The first kappa shape index (κ1) is 28.6. The standard InChI is InChI=1S/C26H38O7/c1-17(15-27)13-19(3)25(33-16-21-8-10-22(31-5)11-9-21)14-24(29)18(2)7-12-23(28)20(4)26(30)32-6/h7-13,19-20,23-25,27-29H,2,14-16H2,1,3-6H3/b12-7+,17-13+/t19-,20-,23+,24+,25+/m1/s1. The predicted molar refractivity (Wildman–Crippen MR) is 128 cm³/mol. The van der Waals surface area contributed by atoms with Crippen molar-refractivity contribution in [3.63, 3.8) is 0 Å². The van der Waals surface area contributed by atoms with E-state index in [1.807, 2.05) is 44.2 Å². The molecule has 3 N–H and O–H groups in total. The molecule has 0 spiro atoms.